The van der Waals surface area contributed by atoms with Crippen LogP contribution in [0.2, 0.25) is 5.02 Å². The largest absolute Gasteiger partial charge is 0.493 e. The smallest absolute Gasteiger partial charge is 0.227 e. The second-order valence-corrected chi connectivity index (χ2v) is 12.9. The number of fused-ring (bicyclic) bond motifs is 1. The average molecular weight is 601 g/mol. The van der Waals surface area contributed by atoms with Crippen molar-refractivity contribution in [2.24, 2.45) is 5.41 Å². The van der Waals surface area contributed by atoms with E-state index in [1.165, 1.54) is 17.3 Å². The molecule has 2 aliphatic rings. The van der Waals surface area contributed by atoms with Crippen molar-refractivity contribution in [3.63, 3.8) is 0 Å². The summed E-state index contributed by atoms with van der Waals surface area (Å²) in [6.07, 6.45) is 1.21. The molecular weight excluding hydrogens is 568 g/mol. The molecule has 1 N–H and O–H groups in total. The van der Waals surface area contributed by atoms with Gasteiger partial charge in [0.25, 0.3) is 0 Å². The third kappa shape index (κ3) is 5.78. The maximum absolute atomic E-state index is 13.7. The lowest BCUT2D eigenvalue weighted by molar-refractivity contribution is -0.118. The number of ketones is 1. The van der Waals surface area contributed by atoms with Crippen molar-refractivity contribution < 1.29 is 14.3 Å². The van der Waals surface area contributed by atoms with Gasteiger partial charge >= 0.3 is 0 Å². The molecule has 0 fully saturated rings. The molecule has 0 amide bonds. The summed E-state index contributed by atoms with van der Waals surface area (Å²) in [5, 5.41) is 9.66. The number of ether oxygens (including phenoxy) is 2. The number of thioether (sulfide) groups is 1. The van der Waals surface area contributed by atoms with Crippen molar-refractivity contribution in [1.82, 2.24) is 14.8 Å². The maximum atomic E-state index is 13.7. The van der Waals surface area contributed by atoms with Crippen LogP contribution in [0.1, 0.15) is 55.0 Å². The highest BCUT2D eigenvalue weighted by Gasteiger charge is 2.42. The highest BCUT2D eigenvalue weighted by molar-refractivity contribution is 7.98. The molecule has 4 aromatic rings. The number of nitrogens with zero attached hydrogens (tertiary/aromatic N) is 3. The van der Waals surface area contributed by atoms with E-state index in [1.54, 1.807) is 7.11 Å². The number of aryl methyl sites for hydroxylation is 1. The van der Waals surface area contributed by atoms with Crippen LogP contribution in [0.4, 0.5) is 5.95 Å². The number of Topliss-reactive ketones (excluding diaryl/α,β-unsaturated/α-hetero) is 1. The van der Waals surface area contributed by atoms with Gasteiger partial charge in [0.05, 0.1) is 7.11 Å². The summed E-state index contributed by atoms with van der Waals surface area (Å²) >= 11 is 7.90. The van der Waals surface area contributed by atoms with Crippen LogP contribution in [-0.2, 0) is 17.2 Å². The minimum atomic E-state index is -0.443. The van der Waals surface area contributed by atoms with E-state index in [2.05, 4.69) is 38.2 Å². The summed E-state index contributed by atoms with van der Waals surface area (Å²) in [5.41, 5.74) is 5.64. The minimum absolute atomic E-state index is 0.115. The predicted molar refractivity (Wildman–Crippen MR) is 166 cm³/mol. The molecule has 0 spiro atoms. The van der Waals surface area contributed by atoms with Crippen LogP contribution in [0, 0.1) is 12.3 Å². The van der Waals surface area contributed by atoms with Crippen molar-refractivity contribution in [2.75, 3.05) is 12.4 Å². The highest BCUT2D eigenvalue weighted by atomic mass is 35.5. The normalized spacial score (nSPS) is 17.4. The molecule has 1 aliphatic heterocycles. The first-order valence-electron chi connectivity index (χ1n) is 13.9. The number of methoxy groups -OCH3 is 1. The summed E-state index contributed by atoms with van der Waals surface area (Å²) in [4.78, 5) is 18.5. The fourth-order valence-electron chi connectivity index (χ4n) is 5.65. The molecule has 0 saturated heterocycles. The Labute approximate surface area is 255 Å². The number of hydrogen-bond acceptors (Lipinski definition) is 7. The van der Waals surface area contributed by atoms with Crippen molar-refractivity contribution in [3.8, 4) is 11.5 Å². The number of nitrogens with one attached hydrogen (secondary N) is 1. The van der Waals surface area contributed by atoms with Gasteiger partial charge in [-0.05, 0) is 53.6 Å². The number of halogens is 1. The molecule has 1 unspecified atom stereocenters. The quantitative estimate of drug-likeness (QED) is 0.207. The number of aromatic nitrogens is 3. The average Bonchev–Trinajstić information content (AvgIpc) is 3.36. The van der Waals surface area contributed by atoms with Gasteiger partial charge in [-0.15, -0.1) is 5.10 Å². The highest BCUT2D eigenvalue weighted by Crippen LogP contribution is 2.47. The number of anilines is 1. The zero-order chi connectivity index (χ0) is 29.4. The summed E-state index contributed by atoms with van der Waals surface area (Å²) in [6.45, 7) is 6.73. The van der Waals surface area contributed by atoms with Gasteiger partial charge in [-0.1, -0.05) is 91.3 Å². The molecule has 1 aromatic heterocycles. The van der Waals surface area contributed by atoms with Gasteiger partial charge in [0.2, 0.25) is 11.1 Å². The van der Waals surface area contributed by atoms with Crippen molar-refractivity contribution in [2.45, 2.75) is 57.2 Å². The zero-order valence-electron chi connectivity index (χ0n) is 24.1. The van der Waals surface area contributed by atoms with Gasteiger partial charge < -0.3 is 14.8 Å². The van der Waals surface area contributed by atoms with Gasteiger partial charge in [-0.25, -0.2) is 4.68 Å². The fourth-order valence-corrected chi connectivity index (χ4v) is 6.77. The topological polar surface area (TPSA) is 78.3 Å². The lowest BCUT2D eigenvalue weighted by atomic mass is 9.73. The monoisotopic (exact) mass is 600 g/mol. The van der Waals surface area contributed by atoms with E-state index in [0.29, 0.717) is 46.4 Å². The summed E-state index contributed by atoms with van der Waals surface area (Å²) in [5.74, 6) is 2.60. The van der Waals surface area contributed by atoms with Crippen LogP contribution in [0.3, 0.4) is 0 Å². The second kappa shape index (κ2) is 11.5. The molecule has 6 rings (SSSR count). The molecule has 216 valence electrons. The van der Waals surface area contributed by atoms with Crippen LogP contribution in [0.5, 0.6) is 11.5 Å². The van der Waals surface area contributed by atoms with Gasteiger partial charge in [0, 0.05) is 28.5 Å². The Bertz CT molecular complexity index is 1700. The number of carbonyl (C=O) groups is 1. The first kappa shape index (κ1) is 28.4. The summed E-state index contributed by atoms with van der Waals surface area (Å²) in [6, 6.07) is 21.4. The number of carbonyl (C=O) groups excluding carboxylic acids is 1. The van der Waals surface area contributed by atoms with E-state index >= 15 is 0 Å². The fraction of sp³-hybridized carbons (Fsp3) is 0.303. The molecule has 0 bridgehead atoms. The lowest BCUT2D eigenvalue weighted by Crippen LogP contribution is -2.36. The van der Waals surface area contributed by atoms with Gasteiger partial charge in [-0.3, -0.25) is 4.79 Å². The Morgan fingerprint density at radius 1 is 1.07 bits per heavy atom. The Hall–Kier alpha value is -3.75. The molecule has 3 aromatic carbocycles. The number of hydrogen-bond donors (Lipinski definition) is 1. The molecule has 1 aliphatic carbocycles. The molecular formula is C33H33ClN4O3S. The van der Waals surface area contributed by atoms with E-state index in [4.69, 9.17) is 31.2 Å². The van der Waals surface area contributed by atoms with Crippen LogP contribution in [0.15, 0.2) is 83.2 Å². The SMILES string of the molecule is COc1cc(C2C3=C(CC(C)(C)CC3=O)Nc3nc(SCc4ccccc4Cl)nn32)ccc1OCc1cccc(C)c1. The molecule has 1 atom stereocenters. The van der Waals surface area contributed by atoms with Gasteiger partial charge in [0.1, 0.15) is 12.6 Å². The zero-order valence-corrected chi connectivity index (χ0v) is 25.7. The van der Waals surface area contributed by atoms with Crippen LogP contribution < -0.4 is 14.8 Å². The molecule has 9 heteroatoms. The third-order valence-electron chi connectivity index (χ3n) is 7.61. The first-order chi connectivity index (χ1) is 20.2. The maximum Gasteiger partial charge on any atom is 0.227 e. The van der Waals surface area contributed by atoms with Crippen molar-refractivity contribution in [1.29, 1.82) is 0 Å². The van der Waals surface area contributed by atoms with Crippen molar-refractivity contribution >= 4 is 35.1 Å². The first-order valence-corrected chi connectivity index (χ1v) is 15.3. The Balaban J connectivity index is 1.34. The van der Waals surface area contributed by atoms with Crippen molar-refractivity contribution in [3.05, 3.63) is 105 Å². The standard InChI is InChI=1S/C33H33ClN4O3S/c1-20-8-7-9-21(14-20)18-41-27-13-12-22(15-28(27)40-4)30-29-25(16-33(2,3)17-26(29)39)35-31-36-32(37-38(30)31)42-19-23-10-5-6-11-24(23)34/h5-15,30H,16-19H2,1-4H3,(H,35,36,37). The molecule has 0 radical (unpaired) electrons. The minimum Gasteiger partial charge on any atom is -0.493 e. The Morgan fingerprint density at radius 3 is 2.69 bits per heavy atom. The van der Waals surface area contributed by atoms with Crippen LogP contribution in [0.25, 0.3) is 0 Å². The van der Waals surface area contributed by atoms with Gasteiger partial charge in [-0.2, -0.15) is 4.98 Å². The molecule has 42 heavy (non-hydrogen) atoms. The number of benzene rings is 3. The van der Waals surface area contributed by atoms with E-state index in [-0.39, 0.29) is 11.2 Å². The van der Waals surface area contributed by atoms with E-state index in [9.17, 15) is 4.79 Å². The molecule has 0 saturated carbocycles. The Morgan fingerprint density at radius 2 is 1.90 bits per heavy atom. The summed E-state index contributed by atoms with van der Waals surface area (Å²) in [7, 11) is 1.63. The van der Waals surface area contributed by atoms with E-state index in [0.717, 1.165) is 34.4 Å². The lowest BCUT2D eigenvalue weighted by Gasteiger charge is -2.38. The van der Waals surface area contributed by atoms with E-state index in [1.807, 2.05) is 59.3 Å². The van der Waals surface area contributed by atoms with Crippen LogP contribution in [-0.4, -0.2) is 27.7 Å². The number of allylic oxidation sites excluding steroid dienone is 2. The Kier molecular flexibility index (Phi) is 7.77. The van der Waals surface area contributed by atoms with Gasteiger partial charge in [0.15, 0.2) is 17.3 Å². The molecule has 7 nitrogen and oxygen atoms in total. The molecule has 2 heterocycles. The van der Waals surface area contributed by atoms with Crippen LogP contribution >= 0.6 is 23.4 Å². The van der Waals surface area contributed by atoms with E-state index < -0.39 is 6.04 Å². The second-order valence-electron chi connectivity index (χ2n) is 11.6. The number of rotatable bonds is 8. The predicted octanol–water partition coefficient (Wildman–Crippen LogP) is 7.78. The third-order valence-corrected chi connectivity index (χ3v) is 8.86. The summed E-state index contributed by atoms with van der Waals surface area (Å²) < 4.78 is 13.8.